The van der Waals surface area contributed by atoms with Crippen LogP contribution < -0.4 is 9.81 Å². The Morgan fingerprint density at radius 1 is 1.27 bits per heavy atom. The number of carbonyl (C=O) groups excluding carboxylic acids is 3. The highest BCUT2D eigenvalue weighted by Gasteiger charge is 2.61. The third kappa shape index (κ3) is 5.84. The number of rotatable bonds is 4. The molecule has 2 heterocycles. The second-order valence-electron chi connectivity index (χ2n) is 9.67. The van der Waals surface area contributed by atoms with Crippen LogP contribution in [-0.4, -0.2) is 69.0 Å². The monoisotopic (exact) mass is 501 g/mol. The van der Waals surface area contributed by atoms with Crippen molar-refractivity contribution in [3.63, 3.8) is 0 Å². The van der Waals surface area contributed by atoms with Gasteiger partial charge in [-0.1, -0.05) is 41.3 Å². The van der Waals surface area contributed by atoms with E-state index in [0.29, 0.717) is 19.4 Å². The van der Waals surface area contributed by atoms with Crippen LogP contribution in [0.3, 0.4) is 0 Å². The Bertz CT molecular complexity index is 910. The summed E-state index contributed by atoms with van der Waals surface area (Å²) >= 11 is 0. The van der Waals surface area contributed by atoms with Crippen LogP contribution in [0.2, 0.25) is 0 Å². The van der Waals surface area contributed by atoms with Crippen molar-refractivity contribution in [1.29, 1.82) is 0 Å². The standard InChI is InChI=1S/C22H36N3O6PS/c1-14-18(31-2)13-25-19(14)17(26)12-22(21(28)24-33(3,29)30)11-15(22)9-7-5-4-6-8-10-16(23-32)20(25)27/h7,9,14-16,18-19,23H,4-6,8,10-13,32H2,1-3H3,(H,24,28)/b9-7-/t14?,15-,16+,18+,19+,22-/m1/s1. The first kappa shape index (κ1) is 26.3. The lowest BCUT2D eigenvalue weighted by atomic mass is 9.87. The number of sulfonamides is 1. The lowest BCUT2D eigenvalue weighted by molar-refractivity contribution is -0.141. The number of amides is 2. The molecule has 2 fully saturated rings. The lowest BCUT2D eigenvalue weighted by Crippen LogP contribution is -2.50. The summed E-state index contributed by atoms with van der Waals surface area (Å²) in [5.74, 6) is -1.46. The molecule has 11 heteroatoms. The molecule has 1 saturated heterocycles. The highest BCUT2D eigenvalue weighted by molar-refractivity contribution is 7.89. The second kappa shape index (κ2) is 10.5. The molecule has 186 valence electrons. The van der Waals surface area contributed by atoms with Gasteiger partial charge in [-0.2, -0.15) is 0 Å². The van der Waals surface area contributed by atoms with Gasteiger partial charge in [-0.05, 0) is 31.6 Å². The minimum Gasteiger partial charge on any atom is -0.379 e. The molecule has 3 rings (SSSR count). The first-order valence-electron chi connectivity index (χ1n) is 11.5. The predicted molar refractivity (Wildman–Crippen MR) is 127 cm³/mol. The van der Waals surface area contributed by atoms with Crippen LogP contribution in [-0.2, 0) is 29.1 Å². The van der Waals surface area contributed by atoms with Gasteiger partial charge in [0.05, 0.1) is 29.9 Å². The average molecular weight is 502 g/mol. The summed E-state index contributed by atoms with van der Waals surface area (Å²) in [7, 11) is 0.217. The van der Waals surface area contributed by atoms with Crippen molar-refractivity contribution in [2.75, 3.05) is 19.9 Å². The Hall–Kier alpha value is -1.35. The van der Waals surface area contributed by atoms with Gasteiger partial charge >= 0.3 is 0 Å². The van der Waals surface area contributed by atoms with Crippen LogP contribution in [0.25, 0.3) is 0 Å². The highest BCUT2D eigenvalue weighted by Crippen LogP contribution is 2.57. The normalized spacial score (nSPS) is 36.8. The number of nitrogens with zero attached hydrogens (tertiary/aromatic N) is 1. The fourth-order valence-corrected chi connectivity index (χ4v) is 6.14. The largest absolute Gasteiger partial charge is 0.379 e. The van der Waals surface area contributed by atoms with Gasteiger partial charge in [0.1, 0.15) is 0 Å². The zero-order chi connectivity index (χ0) is 24.4. The molecule has 1 saturated carbocycles. The summed E-state index contributed by atoms with van der Waals surface area (Å²) in [5, 5.41) is 3.02. The molecule has 2 amide bonds. The maximum absolute atomic E-state index is 13.6. The van der Waals surface area contributed by atoms with E-state index in [-0.39, 0.29) is 36.1 Å². The smallest absolute Gasteiger partial charge is 0.240 e. The van der Waals surface area contributed by atoms with Crippen molar-refractivity contribution in [3.05, 3.63) is 12.2 Å². The number of hydrogen-bond acceptors (Lipinski definition) is 7. The molecule has 0 aromatic heterocycles. The van der Waals surface area contributed by atoms with Crippen LogP contribution in [0.1, 0.15) is 51.9 Å². The molecular weight excluding hydrogens is 465 g/mol. The minimum absolute atomic E-state index is 0.114. The quantitative estimate of drug-likeness (QED) is 0.438. The van der Waals surface area contributed by atoms with E-state index in [0.717, 1.165) is 31.9 Å². The molecule has 2 N–H and O–H groups in total. The van der Waals surface area contributed by atoms with Crippen LogP contribution in [0, 0.1) is 17.3 Å². The van der Waals surface area contributed by atoms with E-state index in [1.165, 1.54) is 0 Å². The Balaban J connectivity index is 1.94. The maximum atomic E-state index is 13.6. The van der Waals surface area contributed by atoms with Crippen LogP contribution in [0.5, 0.6) is 0 Å². The summed E-state index contributed by atoms with van der Waals surface area (Å²) in [6.07, 6.45) is 9.21. The van der Waals surface area contributed by atoms with E-state index in [1.54, 1.807) is 12.0 Å². The molecule has 9 nitrogen and oxygen atoms in total. The molecule has 0 bridgehead atoms. The summed E-state index contributed by atoms with van der Waals surface area (Å²) in [6, 6.07) is -1.15. The number of hydrogen-bond donors (Lipinski definition) is 2. The molecule has 2 unspecified atom stereocenters. The number of nitrogens with one attached hydrogen (secondary N) is 2. The van der Waals surface area contributed by atoms with Gasteiger partial charge in [0.15, 0.2) is 5.78 Å². The van der Waals surface area contributed by atoms with E-state index >= 15 is 0 Å². The molecule has 7 atom stereocenters. The number of ketones is 1. The van der Waals surface area contributed by atoms with Gasteiger partial charge in [-0.25, -0.2) is 8.42 Å². The number of Topliss-reactive ketones (excluding diaryl/α,β-unsaturated/α-hetero) is 1. The van der Waals surface area contributed by atoms with E-state index in [9.17, 15) is 22.8 Å². The van der Waals surface area contributed by atoms with E-state index in [1.807, 2.05) is 19.1 Å². The van der Waals surface area contributed by atoms with E-state index in [2.05, 4.69) is 19.2 Å². The lowest BCUT2D eigenvalue weighted by Gasteiger charge is -2.30. The average Bonchev–Trinajstić information content (AvgIpc) is 3.32. The molecule has 33 heavy (non-hydrogen) atoms. The first-order chi connectivity index (χ1) is 15.5. The van der Waals surface area contributed by atoms with E-state index < -0.39 is 33.4 Å². The number of allylic oxidation sites excluding steroid dienone is 2. The number of carbonyl (C=O) groups is 3. The Morgan fingerprint density at radius 2 is 2.00 bits per heavy atom. The third-order valence-electron chi connectivity index (χ3n) is 7.30. The van der Waals surface area contributed by atoms with Gasteiger partial charge in [0, 0.05) is 26.0 Å². The van der Waals surface area contributed by atoms with Crippen molar-refractivity contribution in [2.45, 2.75) is 70.1 Å². The van der Waals surface area contributed by atoms with Gasteiger partial charge < -0.3 is 9.64 Å². The SMILES string of the molecule is CO[C@H]1CN2C(=O)[C@@H](NP)CCCCC/C=C\[C@@H]3C[C@@]3(C(=O)NS(C)(=O)=O)CC(=O)[C@@H]2C1C. The van der Waals surface area contributed by atoms with Gasteiger partial charge in [-0.3, -0.25) is 24.2 Å². The Morgan fingerprint density at radius 3 is 2.64 bits per heavy atom. The molecule has 0 aromatic rings. The highest BCUT2D eigenvalue weighted by atomic mass is 32.2. The predicted octanol–water partition coefficient (Wildman–Crippen LogP) is 1.16. The molecule has 1 aliphatic carbocycles. The first-order valence-corrected chi connectivity index (χ1v) is 14.0. The van der Waals surface area contributed by atoms with Gasteiger partial charge in [0.25, 0.3) is 0 Å². The topological polar surface area (TPSA) is 122 Å². The van der Waals surface area contributed by atoms with Crippen molar-refractivity contribution in [1.82, 2.24) is 14.7 Å². The van der Waals surface area contributed by atoms with Crippen molar-refractivity contribution in [2.24, 2.45) is 17.3 Å². The molecule has 0 aromatic carbocycles. The maximum Gasteiger partial charge on any atom is 0.240 e. The molecule has 3 aliphatic rings. The number of fused-ring (bicyclic) bond motifs is 2. The molecular formula is C22H36N3O6PS. The summed E-state index contributed by atoms with van der Waals surface area (Å²) in [4.78, 5) is 41.6. The van der Waals surface area contributed by atoms with Crippen LogP contribution in [0.4, 0.5) is 0 Å². The summed E-state index contributed by atoms with van der Waals surface area (Å²) < 4.78 is 31.1. The van der Waals surface area contributed by atoms with E-state index in [4.69, 9.17) is 4.74 Å². The van der Waals surface area contributed by atoms with Gasteiger partial charge in [0.2, 0.25) is 21.8 Å². The molecule has 0 radical (unpaired) electrons. The van der Waals surface area contributed by atoms with Crippen molar-refractivity contribution >= 4 is 37.0 Å². The zero-order valence-electron chi connectivity index (χ0n) is 19.6. The summed E-state index contributed by atoms with van der Waals surface area (Å²) in [5.41, 5.74) is -1.10. The van der Waals surface area contributed by atoms with Crippen LogP contribution in [0.15, 0.2) is 12.2 Å². The fraction of sp³-hybridized carbons (Fsp3) is 0.773. The fourth-order valence-electron chi connectivity index (χ4n) is 5.29. The minimum atomic E-state index is -3.76. The summed E-state index contributed by atoms with van der Waals surface area (Å²) in [6.45, 7) is 2.19. The molecule has 2 aliphatic heterocycles. The Labute approximate surface area is 198 Å². The van der Waals surface area contributed by atoms with Crippen LogP contribution >= 0.6 is 9.39 Å². The zero-order valence-corrected chi connectivity index (χ0v) is 21.6. The van der Waals surface area contributed by atoms with Crippen molar-refractivity contribution in [3.8, 4) is 0 Å². The second-order valence-corrected chi connectivity index (χ2v) is 11.7. The Kier molecular flexibility index (Phi) is 8.36. The third-order valence-corrected chi connectivity index (χ3v) is 8.26. The van der Waals surface area contributed by atoms with Gasteiger partial charge in [-0.15, -0.1) is 0 Å². The van der Waals surface area contributed by atoms with Crippen molar-refractivity contribution < 1.29 is 27.5 Å². The number of ether oxygens (including phenoxy) is 1. The number of methoxy groups -OCH3 is 1. The molecule has 0 spiro atoms.